The van der Waals surface area contributed by atoms with Crippen LogP contribution in [0.4, 0.5) is 0 Å². The Morgan fingerprint density at radius 1 is 1.23 bits per heavy atom. The highest BCUT2D eigenvalue weighted by atomic mass is 32.1. The highest BCUT2D eigenvalue weighted by Crippen LogP contribution is 2.30. The van der Waals surface area contributed by atoms with Gasteiger partial charge in [0.25, 0.3) is 5.56 Å². The Bertz CT molecular complexity index is 1380. The van der Waals surface area contributed by atoms with Crippen LogP contribution in [0.15, 0.2) is 51.4 Å². The molecule has 0 aliphatic carbocycles. The molecule has 1 aromatic carbocycles. The van der Waals surface area contributed by atoms with E-state index in [9.17, 15) is 9.59 Å². The van der Waals surface area contributed by atoms with Gasteiger partial charge in [-0.05, 0) is 39.3 Å². The van der Waals surface area contributed by atoms with Crippen LogP contribution < -0.4 is 14.9 Å². The lowest BCUT2D eigenvalue weighted by Crippen LogP contribution is -2.39. The van der Waals surface area contributed by atoms with E-state index in [0.29, 0.717) is 20.6 Å². The first-order valence-electron chi connectivity index (χ1n) is 10.1. The minimum atomic E-state index is -0.588. The number of aryl methyl sites for hydroxylation is 2. The second-order valence-electron chi connectivity index (χ2n) is 7.42. The number of aromatic nitrogens is 3. The normalized spacial score (nSPS) is 16.3. The maximum atomic E-state index is 13.5. The first-order chi connectivity index (χ1) is 14.8. The fourth-order valence-corrected chi connectivity index (χ4v) is 4.90. The third-order valence-corrected chi connectivity index (χ3v) is 6.46. The monoisotopic (exact) mass is 436 g/mol. The molecule has 1 atom stereocenters. The molecule has 0 fully saturated rings. The predicted molar refractivity (Wildman–Crippen MR) is 120 cm³/mol. The lowest BCUT2D eigenvalue weighted by molar-refractivity contribution is -0.139. The summed E-state index contributed by atoms with van der Waals surface area (Å²) in [4.78, 5) is 31.5. The molecule has 2 aromatic heterocycles. The largest absolute Gasteiger partial charge is 0.463 e. The van der Waals surface area contributed by atoms with Crippen molar-refractivity contribution in [1.29, 1.82) is 0 Å². The van der Waals surface area contributed by atoms with Gasteiger partial charge in [0.05, 0.1) is 34.1 Å². The average Bonchev–Trinajstić information content (AvgIpc) is 3.17. The zero-order valence-electron chi connectivity index (χ0n) is 18.2. The van der Waals surface area contributed by atoms with Gasteiger partial charge in [-0.1, -0.05) is 41.7 Å². The van der Waals surface area contributed by atoms with Crippen LogP contribution in [-0.2, 0) is 16.6 Å². The van der Waals surface area contributed by atoms with Gasteiger partial charge < -0.3 is 4.74 Å². The number of nitrogens with zero attached hydrogens (tertiary/aromatic N) is 4. The van der Waals surface area contributed by atoms with E-state index in [2.05, 4.69) is 10.1 Å². The molecule has 0 N–H and O–H groups in total. The molecule has 1 aliphatic rings. The predicted octanol–water partition coefficient (Wildman–Crippen LogP) is 2.15. The third kappa shape index (κ3) is 3.57. The van der Waals surface area contributed by atoms with Gasteiger partial charge in [0.15, 0.2) is 4.80 Å². The standard InChI is InChI=1S/C23H24N4O3S/c1-6-30-22(29)19-14(3)24-23-27(20(19)16-10-8-7-9-11-16)21(28)18(31-23)12-17-13(2)25-26(5)15(17)4/h7-12,20H,6H2,1-5H3/t20-/m0/s1. The second-order valence-corrected chi connectivity index (χ2v) is 8.43. The molecule has 0 bridgehead atoms. The van der Waals surface area contributed by atoms with Crippen molar-refractivity contribution in [3.63, 3.8) is 0 Å². The maximum absolute atomic E-state index is 13.5. The van der Waals surface area contributed by atoms with Crippen molar-refractivity contribution in [2.24, 2.45) is 12.0 Å². The van der Waals surface area contributed by atoms with E-state index in [4.69, 9.17) is 4.74 Å². The Balaban J connectivity index is 1.99. The number of hydrogen-bond donors (Lipinski definition) is 0. The van der Waals surface area contributed by atoms with Gasteiger partial charge in [0.2, 0.25) is 0 Å². The topological polar surface area (TPSA) is 78.5 Å². The molecular weight excluding hydrogens is 412 g/mol. The molecule has 3 aromatic rings. The van der Waals surface area contributed by atoms with E-state index < -0.39 is 12.0 Å². The second kappa shape index (κ2) is 8.11. The summed E-state index contributed by atoms with van der Waals surface area (Å²) in [5, 5.41) is 4.44. The van der Waals surface area contributed by atoms with E-state index >= 15 is 0 Å². The summed E-state index contributed by atoms with van der Waals surface area (Å²) in [5.74, 6) is -0.453. The van der Waals surface area contributed by atoms with Crippen molar-refractivity contribution in [2.75, 3.05) is 6.61 Å². The first kappa shape index (κ1) is 21.0. The zero-order chi connectivity index (χ0) is 22.3. The molecule has 0 saturated carbocycles. The van der Waals surface area contributed by atoms with E-state index in [1.54, 1.807) is 23.1 Å². The van der Waals surface area contributed by atoms with Crippen molar-refractivity contribution < 1.29 is 9.53 Å². The van der Waals surface area contributed by atoms with Crippen molar-refractivity contribution in [2.45, 2.75) is 33.7 Å². The van der Waals surface area contributed by atoms with Gasteiger partial charge in [0.1, 0.15) is 0 Å². The molecule has 0 amide bonds. The summed E-state index contributed by atoms with van der Waals surface area (Å²) in [6.07, 6.45) is 1.87. The van der Waals surface area contributed by atoms with E-state index in [0.717, 1.165) is 22.5 Å². The summed E-state index contributed by atoms with van der Waals surface area (Å²) >= 11 is 1.32. The fraction of sp³-hybridized carbons (Fsp3) is 0.304. The molecule has 0 unspecified atom stereocenters. The van der Waals surface area contributed by atoms with Gasteiger partial charge in [0, 0.05) is 18.3 Å². The van der Waals surface area contributed by atoms with Crippen LogP contribution >= 0.6 is 11.3 Å². The zero-order valence-corrected chi connectivity index (χ0v) is 19.0. The molecule has 8 heteroatoms. The van der Waals surface area contributed by atoms with Crippen molar-refractivity contribution in [1.82, 2.24) is 14.3 Å². The minimum Gasteiger partial charge on any atom is -0.463 e. The lowest BCUT2D eigenvalue weighted by atomic mass is 9.96. The molecule has 7 nitrogen and oxygen atoms in total. The number of hydrogen-bond acceptors (Lipinski definition) is 6. The molecule has 160 valence electrons. The quantitative estimate of drug-likeness (QED) is 0.587. The summed E-state index contributed by atoms with van der Waals surface area (Å²) < 4.78 is 9.26. The average molecular weight is 437 g/mol. The molecule has 1 aliphatic heterocycles. The van der Waals surface area contributed by atoms with Gasteiger partial charge in [-0.15, -0.1) is 0 Å². The van der Waals surface area contributed by atoms with Crippen LogP contribution in [0.1, 0.15) is 42.4 Å². The number of benzene rings is 1. The van der Waals surface area contributed by atoms with Crippen LogP contribution in [0, 0.1) is 13.8 Å². The highest BCUT2D eigenvalue weighted by Gasteiger charge is 2.33. The Kier molecular flexibility index (Phi) is 5.49. The number of carbonyl (C=O) groups is 1. The number of allylic oxidation sites excluding steroid dienone is 1. The van der Waals surface area contributed by atoms with Crippen LogP contribution in [-0.4, -0.2) is 26.9 Å². The van der Waals surface area contributed by atoms with Crippen molar-refractivity contribution in [3.8, 4) is 0 Å². The number of rotatable bonds is 4. The smallest absolute Gasteiger partial charge is 0.338 e. The molecule has 0 saturated heterocycles. The summed E-state index contributed by atoms with van der Waals surface area (Å²) in [7, 11) is 1.88. The van der Waals surface area contributed by atoms with Crippen molar-refractivity contribution >= 4 is 23.4 Å². The number of thiazole rings is 1. The molecule has 0 radical (unpaired) electrons. The Morgan fingerprint density at radius 3 is 2.55 bits per heavy atom. The summed E-state index contributed by atoms with van der Waals surface area (Å²) in [6, 6.07) is 8.93. The van der Waals surface area contributed by atoms with Crippen LogP contribution in [0.25, 0.3) is 6.08 Å². The Morgan fingerprint density at radius 2 is 1.94 bits per heavy atom. The molecule has 31 heavy (non-hydrogen) atoms. The Hall–Kier alpha value is -3.26. The number of ether oxygens (including phenoxy) is 1. The van der Waals surface area contributed by atoms with E-state index in [-0.39, 0.29) is 12.2 Å². The molecule has 0 spiro atoms. The molecule has 4 rings (SSSR count). The number of esters is 1. The fourth-order valence-electron chi connectivity index (χ4n) is 3.87. The van der Waals surface area contributed by atoms with Crippen molar-refractivity contribution in [3.05, 3.63) is 83.8 Å². The van der Waals surface area contributed by atoms with Crippen LogP contribution in [0.2, 0.25) is 0 Å². The SMILES string of the molecule is CCOC(=O)C1=C(C)N=c2sc(=Cc3c(C)nn(C)c3C)c(=O)n2[C@H]1c1ccccc1. The summed E-state index contributed by atoms with van der Waals surface area (Å²) in [5.41, 5.74) is 4.36. The number of carbonyl (C=O) groups excluding carboxylic acids is 1. The molecular formula is C23H24N4O3S. The number of fused-ring (bicyclic) bond motifs is 1. The van der Waals surface area contributed by atoms with Gasteiger partial charge in [-0.2, -0.15) is 5.10 Å². The van der Waals surface area contributed by atoms with E-state index in [1.165, 1.54) is 11.3 Å². The van der Waals surface area contributed by atoms with Crippen LogP contribution in [0.3, 0.4) is 0 Å². The van der Waals surface area contributed by atoms with E-state index in [1.807, 2.05) is 57.3 Å². The lowest BCUT2D eigenvalue weighted by Gasteiger charge is -2.24. The maximum Gasteiger partial charge on any atom is 0.338 e. The third-order valence-electron chi connectivity index (χ3n) is 5.47. The first-order valence-corrected chi connectivity index (χ1v) is 10.9. The van der Waals surface area contributed by atoms with Gasteiger partial charge >= 0.3 is 5.97 Å². The minimum absolute atomic E-state index is 0.186. The van der Waals surface area contributed by atoms with Gasteiger partial charge in [-0.3, -0.25) is 14.0 Å². The highest BCUT2D eigenvalue weighted by molar-refractivity contribution is 7.07. The van der Waals surface area contributed by atoms with Crippen LogP contribution in [0.5, 0.6) is 0 Å². The molecule has 3 heterocycles. The summed E-state index contributed by atoms with van der Waals surface area (Å²) in [6.45, 7) is 7.69. The Labute approximate surface area is 183 Å². The van der Waals surface area contributed by atoms with Gasteiger partial charge in [-0.25, -0.2) is 9.79 Å².